The number of nitrogens with one attached hydrogen (secondary N) is 1. The molecular weight excluding hydrogens is 89.0 g/mol. The van der Waals surface area contributed by atoms with E-state index in [9.17, 15) is 4.79 Å². The molecule has 0 aromatic carbocycles. The third-order valence-electron chi connectivity index (χ3n) is 0.706. The first-order valence-electron chi connectivity index (χ1n) is 1.77. The number of carboxylic acids is 1. The van der Waals surface area contributed by atoms with Gasteiger partial charge in [0.2, 0.25) is 0 Å². The third kappa shape index (κ3) is 1.98. The third-order valence-corrected chi connectivity index (χ3v) is 0.706. The summed E-state index contributed by atoms with van der Waals surface area (Å²) in [5.41, 5.74) is 0. The van der Waals surface area contributed by atoms with Crippen LogP contribution in [0.1, 0.15) is 1.43 Å². The molecule has 0 amide bonds. The van der Waals surface area contributed by atoms with Gasteiger partial charge in [-0.25, -0.2) is 0 Å². The van der Waals surface area contributed by atoms with E-state index in [1.165, 1.54) is 0 Å². The zero-order valence-electron chi connectivity index (χ0n) is 5.14. The Morgan fingerprint density at radius 3 is 2.43 bits per heavy atom. The molecule has 1 fully saturated rings. The fourth-order valence-electron chi connectivity index (χ4n) is 0.234. The molecular formula is C3H6LiNO2. The molecule has 0 aliphatic carbocycles. The van der Waals surface area contributed by atoms with E-state index in [0.29, 0.717) is 6.54 Å². The summed E-state index contributed by atoms with van der Waals surface area (Å²) in [6.45, 7) is 0.648. The van der Waals surface area contributed by atoms with Gasteiger partial charge in [-0.15, -0.1) is 0 Å². The van der Waals surface area contributed by atoms with Gasteiger partial charge in [-0.05, 0) is 0 Å². The van der Waals surface area contributed by atoms with Gasteiger partial charge in [-0.3, -0.25) is 4.79 Å². The summed E-state index contributed by atoms with van der Waals surface area (Å²) in [4.78, 5) is 9.70. The number of aliphatic carboxylic acids is 1. The van der Waals surface area contributed by atoms with E-state index >= 15 is 0 Å². The number of hydrogen-bond donors (Lipinski definition) is 2. The Kier molecular flexibility index (Phi) is 2.37. The predicted molar refractivity (Wildman–Crippen MR) is 20.5 cm³/mol. The van der Waals surface area contributed by atoms with Crippen LogP contribution in [0.3, 0.4) is 0 Å². The molecule has 1 aliphatic rings. The van der Waals surface area contributed by atoms with E-state index < -0.39 is 5.97 Å². The molecule has 0 aromatic rings. The summed E-state index contributed by atoms with van der Waals surface area (Å²) in [5.74, 6) is -0.741. The molecule has 0 radical (unpaired) electrons. The van der Waals surface area contributed by atoms with Crippen molar-refractivity contribution in [3.63, 3.8) is 0 Å². The van der Waals surface area contributed by atoms with E-state index in [4.69, 9.17) is 5.11 Å². The quantitative estimate of drug-likeness (QED) is 0.259. The van der Waals surface area contributed by atoms with Gasteiger partial charge in [-0.1, -0.05) is 0 Å². The summed E-state index contributed by atoms with van der Waals surface area (Å²) in [5, 5.41) is 10.6. The smallest absolute Gasteiger partial charge is 1.00 e. The van der Waals surface area contributed by atoms with Crippen molar-refractivity contribution in [2.75, 3.05) is 6.54 Å². The van der Waals surface area contributed by atoms with Gasteiger partial charge in [0, 0.05) is 6.54 Å². The first-order valence-corrected chi connectivity index (χ1v) is 1.77. The second-order valence-corrected chi connectivity index (χ2v) is 1.30. The normalized spacial score (nSPS) is 25.4. The molecule has 1 rings (SSSR count). The molecule has 2 N–H and O–H groups in total. The van der Waals surface area contributed by atoms with Crippen molar-refractivity contribution in [2.24, 2.45) is 0 Å². The van der Waals surface area contributed by atoms with Gasteiger partial charge in [0.25, 0.3) is 0 Å². The minimum absolute atomic E-state index is 0. The molecule has 1 saturated heterocycles. The topological polar surface area (TPSA) is 59.2 Å². The summed E-state index contributed by atoms with van der Waals surface area (Å²) in [6, 6.07) is -0.231. The number of carboxylic acid groups (broad SMARTS) is 1. The minimum atomic E-state index is -0.741. The van der Waals surface area contributed by atoms with E-state index in [1.807, 2.05) is 0 Å². The van der Waals surface area contributed by atoms with Gasteiger partial charge in [0.1, 0.15) is 6.04 Å². The van der Waals surface area contributed by atoms with Crippen LogP contribution in [0.5, 0.6) is 0 Å². The first kappa shape index (κ1) is 7.03. The molecule has 0 bridgehead atoms. The van der Waals surface area contributed by atoms with Gasteiger partial charge in [0.15, 0.2) is 0 Å². The van der Waals surface area contributed by atoms with Crippen LogP contribution in [0, 0.1) is 0 Å². The SMILES string of the molecule is O=C(O)[C@@H]1CN1.[H-].[Li+]. The molecule has 0 saturated carbocycles. The second kappa shape index (κ2) is 2.36. The maximum absolute atomic E-state index is 9.70. The Morgan fingerprint density at radius 2 is 2.43 bits per heavy atom. The predicted octanol–water partition coefficient (Wildman–Crippen LogP) is -3.84. The molecule has 1 atom stereocenters. The van der Waals surface area contributed by atoms with E-state index in [0.717, 1.165) is 0 Å². The van der Waals surface area contributed by atoms with Crippen LogP contribution in [0.25, 0.3) is 0 Å². The van der Waals surface area contributed by atoms with Crippen molar-refractivity contribution in [2.45, 2.75) is 6.04 Å². The molecule has 0 aromatic heterocycles. The van der Waals surface area contributed by atoms with Crippen LogP contribution in [-0.2, 0) is 4.79 Å². The number of rotatable bonds is 1. The Hall–Kier alpha value is 0.0274. The van der Waals surface area contributed by atoms with Crippen LogP contribution in [0.15, 0.2) is 0 Å². The van der Waals surface area contributed by atoms with Crippen LogP contribution < -0.4 is 24.2 Å². The summed E-state index contributed by atoms with van der Waals surface area (Å²) < 4.78 is 0. The molecule has 1 heterocycles. The fourth-order valence-corrected chi connectivity index (χ4v) is 0.234. The van der Waals surface area contributed by atoms with Crippen molar-refractivity contribution in [3.05, 3.63) is 0 Å². The average Bonchev–Trinajstić information content (AvgIpc) is 2.06. The Morgan fingerprint density at radius 1 is 2.00 bits per heavy atom. The molecule has 3 nitrogen and oxygen atoms in total. The minimum Gasteiger partial charge on any atom is -1.00 e. The maximum atomic E-state index is 9.70. The van der Waals surface area contributed by atoms with Crippen LogP contribution >= 0.6 is 0 Å². The van der Waals surface area contributed by atoms with E-state index in [-0.39, 0.29) is 26.3 Å². The average molecular weight is 95.0 g/mol. The second-order valence-electron chi connectivity index (χ2n) is 1.30. The molecule has 36 valence electrons. The van der Waals surface area contributed by atoms with Crippen molar-refractivity contribution in [1.29, 1.82) is 0 Å². The number of carbonyl (C=O) groups is 1. The first-order chi connectivity index (χ1) is 2.80. The Bertz CT molecular complexity index is 85.4. The summed E-state index contributed by atoms with van der Waals surface area (Å²) in [6.07, 6.45) is 0. The molecule has 4 heteroatoms. The Balaban J connectivity index is 0. The van der Waals surface area contributed by atoms with Gasteiger partial charge in [0.05, 0.1) is 0 Å². The van der Waals surface area contributed by atoms with Crippen LogP contribution in [-0.4, -0.2) is 23.7 Å². The Labute approximate surface area is 54.8 Å². The zero-order valence-corrected chi connectivity index (χ0v) is 4.14. The summed E-state index contributed by atoms with van der Waals surface area (Å²) in [7, 11) is 0. The molecule has 7 heavy (non-hydrogen) atoms. The van der Waals surface area contributed by atoms with Gasteiger partial charge in [-0.2, -0.15) is 0 Å². The van der Waals surface area contributed by atoms with Crippen molar-refractivity contribution in [3.8, 4) is 0 Å². The van der Waals surface area contributed by atoms with Crippen molar-refractivity contribution >= 4 is 5.97 Å². The number of hydrogen-bond acceptors (Lipinski definition) is 2. The largest absolute Gasteiger partial charge is 1.00 e. The summed E-state index contributed by atoms with van der Waals surface area (Å²) >= 11 is 0. The van der Waals surface area contributed by atoms with Crippen molar-refractivity contribution in [1.82, 2.24) is 5.32 Å². The van der Waals surface area contributed by atoms with Crippen LogP contribution in [0.4, 0.5) is 0 Å². The monoisotopic (exact) mass is 95.1 g/mol. The van der Waals surface area contributed by atoms with Crippen LogP contribution in [0.2, 0.25) is 0 Å². The molecule has 1 aliphatic heterocycles. The standard InChI is InChI=1S/C3H5NO2.Li.H/c5-3(6)2-1-4-2;;/h2,4H,1H2,(H,5,6);;/q;+1;-1/t2-;;/m0../s1. The zero-order chi connectivity index (χ0) is 4.57. The maximum Gasteiger partial charge on any atom is 1.00 e. The van der Waals surface area contributed by atoms with Gasteiger partial charge < -0.3 is 11.8 Å². The molecule has 0 unspecified atom stereocenters. The van der Waals surface area contributed by atoms with E-state index in [2.05, 4.69) is 5.32 Å². The fraction of sp³-hybridized carbons (Fsp3) is 0.667. The van der Waals surface area contributed by atoms with E-state index in [1.54, 1.807) is 0 Å². The molecule has 0 spiro atoms. The van der Waals surface area contributed by atoms with Crippen molar-refractivity contribution < 1.29 is 30.2 Å². The van der Waals surface area contributed by atoms with Gasteiger partial charge >= 0.3 is 24.8 Å².